The molecule has 0 aromatic carbocycles. The van der Waals surface area contributed by atoms with E-state index in [0.29, 0.717) is 6.04 Å². The molecule has 0 spiro atoms. The summed E-state index contributed by atoms with van der Waals surface area (Å²) < 4.78 is 2.28. The minimum Gasteiger partial charge on any atom is -0.326 e. The number of fused-ring (bicyclic) bond motifs is 1. The van der Waals surface area contributed by atoms with E-state index in [9.17, 15) is 0 Å². The fourth-order valence-electron chi connectivity index (χ4n) is 2.28. The Kier molecular flexibility index (Phi) is 2.05. The second kappa shape index (κ2) is 3.54. The van der Waals surface area contributed by atoms with Crippen molar-refractivity contribution in [3.63, 3.8) is 0 Å². The van der Waals surface area contributed by atoms with E-state index in [2.05, 4.69) is 40.0 Å². The van der Waals surface area contributed by atoms with Crippen molar-refractivity contribution >= 4 is 11.0 Å². The van der Waals surface area contributed by atoms with Gasteiger partial charge in [0.2, 0.25) is 0 Å². The van der Waals surface area contributed by atoms with Gasteiger partial charge in [0.1, 0.15) is 5.65 Å². The molecular formula is C13H14N2. The molecule has 2 heteroatoms. The molecular weight excluding hydrogens is 184 g/mol. The van der Waals surface area contributed by atoms with Gasteiger partial charge in [-0.25, -0.2) is 4.98 Å². The number of hydrogen-bond acceptors (Lipinski definition) is 1. The highest BCUT2D eigenvalue weighted by molar-refractivity contribution is 5.75. The van der Waals surface area contributed by atoms with Crippen molar-refractivity contribution in [3.8, 4) is 0 Å². The maximum absolute atomic E-state index is 4.45. The molecule has 0 amide bonds. The number of nitrogens with zero attached hydrogens (tertiary/aromatic N) is 2. The van der Waals surface area contributed by atoms with Crippen LogP contribution in [0.4, 0.5) is 0 Å². The van der Waals surface area contributed by atoms with Crippen molar-refractivity contribution in [1.82, 2.24) is 9.55 Å². The van der Waals surface area contributed by atoms with Crippen LogP contribution in [0.3, 0.4) is 0 Å². The Bertz CT molecular complexity index is 496. The minimum absolute atomic E-state index is 0.506. The second-order valence-electron chi connectivity index (χ2n) is 4.07. The molecule has 0 N–H and O–H groups in total. The van der Waals surface area contributed by atoms with Crippen molar-refractivity contribution in [2.75, 3.05) is 0 Å². The van der Waals surface area contributed by atoms with E-state index in [4.69, 9.17) is 0 Å². The molecule has 2 aromatic rings. The largest absolute Gasteiger partial charge is 0.326 e. The van der Waals surface area contributed by atoms with E-state index in [-0.39, 0.29) is 0 Å². The zero-order chi connectivity index (χ0) is 10.1. The second-order valence-corrected chi connectivity index (χ2v) is 4.07. The van der Waals surface area contributed by atoms with Crippen molar-refractivity contribution in [1.29, 1.82) is 0 Å². The molecule has 3 rings (SSSR count). The van der Waals surface area contributed by atoms with Crippen LogP contribution in [0.2, 0.25) is 0 Å². The zero-order valence-electron chi connectivity index (χ0n) is 8.63. The Balaban J connectivity index is 2.10. The fraction of sp³-hybridized carbons (Fsp3) is 0.308. The van der Waals surface area contributed by atoms with Gasteiger partial charge in [-0.15, -0.1) is 0 Å². The molecule has 2 nitrogen and oxygen atoms in total. The highest BCUT2D eigenvalue weighted by Gasteiger charge is 2.12. The lowest BCUT2D eigenvalue weighted by atomic mass is 10.0. The standard InChI is InChI=1S/C13H14N2/c1-2-6-12(7-3-1)15-10-8-11-5-4-9-14-13(11)15/h2,4-6,8-10,12H,1,3,7H2. The van der Waals surface area contributed by atoms with Crippen LogP contribution >= 0.6 is 0 Å². The summed E-state index contributed by atoms with van der Waals surface area (Å²) in [5, 5.41) is 1.23. The third kappa shape index (κ3) is 1.46. The van der Waals surface area contributed by atoms with Crippen LogP contribution in [0.15, 0.2) is 42.7 Å². The number of rotatable bonds is 1. The van der Waals surface area contributed by atoms with Crippen molar-refractivity contribution < 1.29 is 0 Å². The van der Waals surface area contributed by atoms with Gasteiger partial charge in [-0.2, -0.15) is 0 Å². The smallest absolute Gasteiger partial charge is 0.140 e. The molecule has 1 atom stereocenters. The van der Waals surface area contributed by atoms with Crippen molar-refractivity contribution in [2.24, 2.45) is 0 Å². The molecule has 1 aliphatic rings. The first kappa shape index (κ1) is 8.72. The van der Waals surface area contributed by atoms with E-state index in [1.165, 1.54) is 24.6 Å². The van der Waals surface area contributed by atoms with Crippen LogP contribution < -0.4 is 0 Å². The summed E-state index contributed by atoms with van der Waals surface area (Å²) in [6.45, 7) is 0. The average molecular weight is 198 g/mol. The molecule has 2 aromatic heterocycles. The maximum atomic E-state index is 4.45. The normalized spacial score (nSPS) is 20.9. The third-order valence-corrected chi connectivity index (χ3v) is 3.06. The lowest BCUT2D eigenvalue weighted by Gasteiger charge is -2.18. The summed E-state index contributed by atoms with van der Waals surface area (Å²) in [6, 6.07) is 6.76. The van der Waals surface area contributed by atoms with Crippen molar-refractivity contribution in [2.45, 2.75) is 25.3 Å². The van der Waals surface area contributed by atoms with Crippen LogP contribution in [0.25, 0.3) is 11.0 Å². The fourth-order valence-corrected chi connectivity index (χ4v) is 2.28. The Labute approximate surface area is 89.2 Å². The molecule has 2 heterocycles. The van der Waals surface area contributed by atoms with E-state index < -0.39 is 0 Å². The summed E-state index contributed by atoms with van der Waals surface area (Å²) in [6.07, 6.45) is 12.3. The highest BCUT2D eigenvalue weighted by Crippen LogP contribution is 2.26. The summed E-state index contributed by atoms with van der Waals surface area (Å²) in [4.78, 5) is 4.45. The molecule has 76 valence electrons. The molecule has 0 aliphatic heterocycles. The molecule has 0 saturated carbocycles. The van der Waals surface area contributed by atoms with Crippen LogP contribution in [0.5, 0.6) is 0 Å². The number of allylic oxidation sites excluding steroid dienone is 2. The lowest BCUT2D eigenvalue weighted by molar-refractivity contribution is 0.528. The summed E-state index contributed by atoms with van der Waals surface area (Å²) in [7, 11) is 0. The Morgan fingerprint density at radius 2 is 2.33 bits per heavy atom. The van der Waals surface area contributed by atoms with Crippen LogP contribution in [-0.2, 0) is 0 Å². The van der Waals surface area contributed by atoms with Gasteiger partial charge in [0.05, 0.1) is 6.04 Å². The molecule has 0 bridgehead atoms. The Hall–Kier alpha value is -1.57. The molecule has 0 radical (unpaired) electrons. The third-order valence-electron chi connectivity index (χ3n) is 3.06. The van der Waals surface area contributed by atoms with Crippen LogP contribution in [0.1, 0.15) is 25.3 Å². The number of hydrogen-bond donors (Lipinski definition) is 0. The van der Waals surface area contributed by atoms with E-state index in [1.54, 1.807) is 0 Å². The van der Waals surface area contributed by atoms with Crippen LogP contribution in [-0.4, -0.2) is 9.55 Å². The Morgan fingerprint density at radius 1 is 1.33 bits per heavy atom. The molecule has 0 saturated heterocycles. The summed E-state index contributed by atoms with van der Waals surface area (Å²) in [5.41, 5.74) is 1.11. The van der Waals surface area contributed by atoms with Gasteiger partial charge in [0.15, 0.2) is 0 Å². The van der Waals surface area contributed by atoms with Gasteiger partial charge < -0.3 is 4.57 Å². The van der Waals surface area contributed by atoms with Gasteiger partial charge in [-0.3, -0.25) is 0 Å². The van der Waals surface area contributed by atoms with E-state index >= 15 is 0 Å². The first-order valence-corrected chi connectivity index (χ1v) is 5.53. The van der Waals surface area contributed by atoms with Gasteiger partial charge in [0.25, 0.3) is 0 Å². The van der Waals surface area contributed by atoms with Gasteiger partial charge in [-0.1, -0.05) is 12.2 Å². The van der Waals surface area contributed by atoms with Gasteiger partial charge in [-0.05, 0) is 37.5 Å². The monoisotopic (exact) mass is 198 g/mol. The first-order valence-electron chi connectivity index (χ1n) is 5.53. The van der Waals surface area contributed by atoms with Gasteiger partial charge >= 0.3 is 0 Å². The van der Waals surface area contributed by atoms with Crippen molar-refractivity contribution in [3.05, 3.63) is 42.7 Å². The topological polar surface area (TPSA) is 17.8 Å². The maximum Gasteiger partial charge on any atom is 0.140 e. The quantitative estimate of drug-likeness (QED) is 0.643. The molecule has 0 fully saturated rings. The average Bonchev–Trinajstić information content (AvgIpc) is 2.74. The molecule has 1 unspecified atom stereocenters. The summed E-state index contributed by atoms with van der Waals surface area (Å²) in [5.74, 6) is 0. The van der Waals surface area contributed by atoms with Crippen LogP contribution in [0, 0.1) is 0 Å². The number of pyridine rings is 1. The SMILES string of the molecule is C1=CC(n2ccc3cccnc32)CCC1. The molecule has 1 aliphatic carbocycles. The Morgan fingerprint density at radius 3 is 3.20 bits per heavy atom. The van der Waals surface area contributed by atoms with E-state index in [1.807, 2.05) is 12.3 Å². The number of aromatic nitrogens is 2. The first-order chi connectivity index (χ1) is 7.45. The zero-order valence-corrected chi connectivity index (χ0v) is 8.63. The summed E-state index contributed by atoms with van der Waals surface area (Å²) >= 11 is 0. The minimum atomic E-state index is 0.506. The predicted molar refractivity (Wildman–Crippen MR) is 61.8 cm³/mol. The molecule has 15 heavy (non-hydrogen) atoms. The lowest BCUT2D eigenvalue weighted by Crippen LogP contribution is -2.08. The van der Waals surface area contributed by atoms with E-state index in [0.717, 1.165) is 5.65 Å². The highest BCUT2D eigenvalue weighted by atomic mass is 15.0. The van der Waals surface area contributed by atoms with Gasteiger partial charge in [0, 0.05) is 17.8 Å². The predicted octanol–water partition coefficient (Wildman–Crippen LogP) is 3.32.